The minimum atomic E-state index is -0.0587. The number of benzene rings is 2. The molecule has 1 aromatic heterocycles. The van der Waals surface area contributed by atoms with Crippen LogP contribution in [0.25, 0.3) is 11.0 Å². The molecule has 25 heavy (non-hydrogen) atoms. The van der Waals surface area contributed by atoms with Crippen LogP contribution in [-0.2, 0) is 6.54 Å². The van der Waals surface area contributed by atoms with Crippen molar-refractivity contribution < 1.29 is 9.53 Å². The first kappa shape index (κ1) is 15.6. The van der Waals surface area contributed by atoms with Crippen molar-refractivity contribution in [2.24, 2.45) is 0 Å². The highest BCUT2D eigenvalue weighted by Gasteiger charge is 2.33. The van der Waals surface area contributed by atoms with Gasteiger partial charge < -0.3 is 9.64 Å². The molecule has 0 saturated heterocycles. The van der Waals surface area contributed by atoms with E-state index in [9.17, 15) is 4.79 Å². The predicted molar refractivity (Wildman–Crippen MR) is 95.4 cm³/mol. The molecule has 1 aliphatic carbocycles. The maximum absolute atomic E-state index is 13.0. The number of para-hydroxylation sites is 2. The van der Waals surface area contributed by atoms with E-state index in [-0.39, 0.29) is 5.91 Å². The van der Waals surface area contributed by atoms with Gasteiger partial charge in [0.15, 0.2) is 0 Å². The Hall–Kier alpha value is -2.95. The fraction of sp³-hybridized carbons (Fsp3) is 0.250. The highest BCUT2D eigenvalue weighted by atomic mass is 16.5. The number of carbonyl (C=O) groups is 1. The first-order chi connectivity index (χ1) is 12.2. The minimum absolute atomic E-state index is 0.0587. The average molecular weight is 333 g/mol. The predicted octanol–water partition coefficient (Wildman–Crippen LogP) is 3.44. The maximum Gasteiger partial charge on any atom is 0.274 e. The molecule has 1 heterocycles. The number of nitrogens with zero attached hydrogens (tertiary/aromatic N) is 3. The average Bonchev–Trinajstić information content (AvgIpc) is 3.51. The summed E-state index contributed by atoms with van der Waals surface area (Å²) in [5.41, 5.74) is 3.02. The number of hydrogen-bond donors (Lipinski definition) is 0. The summed E-state index contributed by atoms with van der Waals surface area (Å²) in [4.78, 5) is 23.8. The number of ether oxygens (including phenoxy) is 1. The minimum Gasteiger partial charge on any atom is -0.497 e. The molecule has 5 nitrogen and oxygen atoms in total. The van der Waals surface area contributed by atoms with Crippen LogP contribution >= 0.6 is 0 Å². The van der Waals surface area contributed by atoms with E-state index in [4.69, 9.17) is 4.74 Å². The van der Waals surface area contributed by atoms with Gasteiger partial charge in [0.05, 0.1) is 24.3 Å². The molecule has 0 aliphatic heterocycles. The number of aromatic nitrogens is 2. The smallest absolute Gasteiger partial charge is 0.274 e. The standard InChI is InChI=1S/C20H19N3O2/c1-25-16-10-6-14(7-11-16)13-23(15-8-9-15)20(24)19-12-21-17-4-2-3-5-18(17)22-19/h2-7,10-12,15H,8-9,13H2,1H3. The lowest BCUT2D eigenvalue weighted by Gasteiger charge is -2.22. The van der Waals surface area contributed by atoms with Crippen molar-refractivity contribution in [2.45, 2.75) is 25.4 Å². The van der Waals surface area contributed by atoms with Crippen LogP contribution in [-0.4, -0.2) is 33.9 Å². The van der Waals surface area contributed by atoms with Crippen LogP contribution < -0.4 is 4.74 Å². The van der Waals surface area contributed by atoms with Crippen LogP contribution in [0, 0.1) is 0 Å². The second kappa shape index (κ2) is 6.51. The molecule has 1 amide bonds. The third-order valence-electron chi connectivity index (χ3n) is 4.43. The summed E-state index contributed by atoms with van der Waals surface area (Å²) < 4.78 is 5.19. The van der Waals surface area contributed by atoms with E-state index in [0.717, 1.165) is 35.2 Å². The molecule has 1 saturated carbocycles. The monoisotopic (exact) mass is 333 g/mol. The fourth-order valence-electron chi connectivity index (χ4n) is 2.89. The third kappa shape index (κ3) is 3.31. The highest BCUT2D eigenvalue weighted by molar-refractivity contribution is 5.94. The summed E-state index contributed by atoms with van der Waals surface area (Å²) in [6.45, 7) is 0.571. The molecule has 3 aromatic rings. The summed E-state index contributed by atoms with van der Waals surface area (Å²) in [5.74, 6) is 0.755. The van der Waals surface area contributed by atoms with Crippen molar-refractivity contribution in [1.29, 1.82) is 0 Å². The van der Waals surface area contributed by atoms with E-state index in [0.29, 0.717) is 18.3 Å². The van der Waals surface area contributed by atoms with Crippen molar-refractivity contribution >= 4 is 16.9 Å². The number of amides is 1. The summed E-state index contributed by atoms with van der Waals surface area (Å²) in [6.07, 6.45) is 3.67. The Morgan fingerprint density at radius 1 is 1.12 bits per heavy atom. The molecule has 4 rings (SSSR count). The van der Waals surface area contributed by atoms with Crippen molar-refractivity contribution in [2.75, 3.05) is 7.11 Å². The van der Waals surface area contributed by atoms with Crippen LogP contribution in [0.2, 0.25) is 0 Å². The fourth-order valence-corrected chi connectivity index (χ4v) is 2.89. The molecular weight excluding hydrogens is 314 g/mol. The summed E-state index contributed by atoms with van der Waals surface area (Å²) >= 11 is 0. The van der Waals surface area contributed by atoms with Gasteiger partial charge in [0.1, 0.15) is 11.4 Å². The molecule has 0 spiro atoms. The van der Waals surface area contributed by atoms with E-state index in [1.807, 2.05) is 53.4 Å². The lowest BCUT2D eigenvalue weighted by Crippen LogP contribution is -2.33. The van der Waals surface area contributed by atoms with Crippen LogP contribution in [0.3, 0.4) is 0 Å². The number of rotatable bonds is 5. The molecule has 1 fully saturated rings. The summed E-state index contributed by atoms with van der Waals surface area (Å²) in [5, 5.41) is 0. The van der Waals surface area contributed by atoms with E-state index in [1.165, 1.54) is 0 Å². The molecule has 2 aromatic carbocycles. The zero-order valence-corrected chi connectivity index (χ0v) is 14.1. The van der Waals surface area contributed by atoms with E-state index in [2.05, 4.69) is 9.97 Å². The Kier molecular flexibility index (Phi) is 4.06. The molecular formula is C20H19N3O2. The topological polar surface area (TPSA) is 55.3 Å². The Labute approximate surface area is 146 Å². The second-order valence-corrected chi connectivity index (χ2v) is 6.26. The maximum atomic E-state index is 13.0. The number of hydrogen-bond acceptors (Lipinski definition) is 4. The van der Waals surface area contributed by atoms with Gasteiger partial charge in [-0.1, -0.05) is 24.3 Å². The molecule has 126 valence electrons. The molecule has 0 unspecified atom stereocenters. The van der Waals surface area contributed by atoms with E-state index >= 15 is 0 Å². The van der Waals surface area contributed by atoms with Crippen molar-refractivity contribution in [3.05, 3.63) is 66.0 Å². The third-order valence-corrected chi connectivity index (χ3v) is 4.43. The summed E-state index contributed by atoms with van der Waals surface area (Å²) in [7, 11) is 1.65. The Morgan fingerprint density at radius 3 is 2.52 bits per heavy atom. The van der Waals surface area contributed by atoms with Gasteiger partial charge >= 0.3 is 0 Å². The van der Waals surface area contributed by atoms with Crippen molar-refractivity contribution in [1.82, 2.24) is 14.9 Å². The van der Waals surface area contributed by atoms with Gasteiger partial charge in [-0.05, 0) is 42.7 Å². The van der Waals surface area contributed by atoms with Crippen LogP contribution in [0.4, 0.5) is 0 Å². The number of carbonyl (C=O) groups excluding carboxylic acids is 1. The molecule has 1 aliphatic rings. The highest BCUT2D eigenvalue weighted by Crippen LogP contribution is 2.30. The lowest BCUT2D eigenvalue weighted by atomic mass is 10.2. The van der Waals surface area contributed by atoms with Crippen LogP contribution in [0.1, 0.15) is 28.9 Å². The molecule has 0 atom stereocenters. The molecule has 0 N–H and O–H groups in total. The molecule has 0 radical (unpaired) electrons. The SMILES string of the molecule is COc1ccc(CN(C(=O)c2cnc3ccccc3n2)C2CC2)cc1. The Balaban J connectivity index is 1.59. The van der Waals surface area contributed by atoms with Gasteiger partial charge in [-0.15, -0.1) is 0 Å². The zero-order chi connectivity index (χ0) is 17.2. The van der Waals surface area contributed by atoms with Crippen molar-refractivity contribution in [3.63, 3.8) is 0 Å². The van der Waals surface area contributed by atoms with Gasteiger partial charge in [0.2, 0.25) is 0 Å². The zero-order valence-electron chi connectivity index (χ0n) is 14.1. The Bertz CT molecular complexity index is 904. The first-order valence-electron chi connectivity index (χ1n) is 8.40. The number of methoxy groups -OCH3 is 1. The number of fused-ring (bicyclic) bond motifs is 1. The first-order valence-corrected chi connectivity index (χ1v) is 8.40. The second-order valence-electron chi connectivity index (χ2n) is 6.26. The van der Waals surface area contributed by atoms with Gasteiger partial charge in [-0.3, -0.25) is 9.78 Å². The Morgan fingerprint density at radius 2 is 1.84 bits per heavy atom. The largest absolute Gasteiger partial charge is 0.497 e. The molecule has 5 heteroatoms. The van der Waals surface area contributed by atoms with E-state index < -0.39 is 0 Å². The quantitative estimate of drug-likeness (QED) is 0.718. The van der Waals surface area contributed by atoms with Crippen LogP contribution in [0.15, 0.2) is 54.7 Å². The van der Waals surface area contributed by atoms with E-state index in [1.54, 1.807) is 13.3 Å². The van der Waals surface area contributed by atoms with Crippen molar-refractivity contribution in [3.8, 4) is 5.75 Å². The van der Waals surface area contributed by atoms with Crippen LogP contribution in [0.5, 0.6) is 5.75 Å². The van der Waals surface area contributed by atoms with Gasteiger partial charge in [0, 0.05) is 12.6 Å². The lowest BCUT2D eigenvalue weighted by molar-refractivity contribution is 0.0724. The summed E-state index contributed by atoms with van der Waals surface area (Å²) in [6, 6.07) is 15.7. The van der Waals surface area contributed by atoms with Gasteiger partial charge in [-0.2, -0.15) is 0 Å². The molecule has 0 bridgehead atoms. The normalized spacial score (nSPS) is 13.6. The van der Waals surface area contributed by atoms with Gasteiger partial charge in [0.25, 0.3) is 5.91 Å². The van der Waals surface area contributed by atoms with Gasteiger partial charge in [-0.25, -0.2) is 4.98 Å².